The first kappa shape index (κ1) is 19.4. The van der Waals surface area contributed by atoms with Gasteiger partial charge in [-0.3, -0.25) is 9.36 Å². The minimum Gasteiger partial charge on any atom is -0.338 e. The molecule has 1 aliphatic carbocycles. The van der Waals surface area contributed by atoms with Crippen LogP contribution in [0.4, 0.5) is 0 Å². The molecule has 8 heteroatoms. The van der Waals surface area contributed by atoms with Crippen LogP contribution in [0, 0.1) is 5.92 Å². The molecule has 0 amide bonds. The van der Waals surface area contributed by atoms with E-state index in [1.54, 1.807) is 22.0 Å². The number of fused-ring (bicyclic) bond motifs is 3. The molecule has 0 radical (unpaired) electrons. The molecule has 3 aromatic rings. The van der Waals surface area contributed by atoms with E-state index in [2.05, 4.69) is 30.6 Å². The highest BCUT2D eigenvalue weighted by Gasteiger charge is 2.22. The van der Waals surface area contributed by atoms with Crippen LogP contribution in [-0.2, 0) is 31.6 Å². The van der Waals surface area contributed by atoms with Crippen molar-refractivity contribution in [2.24, 2.45) is 5.92 Å². The van der Waals surface area contributed by atoms with Gasteiger partial charge < -0.3 is 4.52 Å². The molecule has 0 N–H and O–H groups in total. The van der Waals surface area contributed by atoms with Crippen LogP contribution in [-0.4, -0.2) is 19.7 Å². The van der Waals surface area contributed by atoms with Crippen LogP contribution in [0.15, 0.2) is 27.1 Å². The van der Waals surface area contributed by atoms with Crippen molar-refractivity contribution in [1.29, 1.82) is 0 Å². The van der Waals surface area contributed by atoms with Crippen molar-refractivity contribution in [1.82, 2.24) is 19.7 Å². The van der Waals surface area contributed by atoms with Crippen LogP contribution in [0.25, 0.3) is 10.2 Å². The number of thioether (sulfide) groups is 1. The highest BCUT2D eigenvalue weighted by molar-refractivity contribution is 7.98. The lowest BCUT2D eigenvalue weighted by molar-refractivity contribution is 0.382. The van der Waals surface area contributed by atoms with Gasteiger partial charge in [0.1, 0.15) is 4.83 Å². The van der Waals surface area contributed by atoms with Gasteiger partial charge in [-0.1, -0.05) is 36.8 Å². The number of thiophene rings is 1. The first-order valence-electron chi connectivity index (χ1n) is 9.67. The molecule has 6 nitrogen and oxygen atoms in total. The zero-order valence-corrected chi connectivity index (χ0v) is 17.9. The van der Waals surface area contributed by atoms with Gasteiger partial charge >= 0.3 is 0 Å². The predicted molar refractivity (Wildman–Crippen MR) is 113 cm³/mol. The summed E-state index contributed by atoms with van der Waals surface area (Å²) in [4.78, 5) is 24.7. The fourth-order valence-electron chi connectivity index (χ4n) is 3.54. The summed E-state index contributed by atoms with van der Waals surface area (Å²) in [6.45, 7) is 8.50. The zero-order chi connectivity index (χ0) is 19.7. The maximum absolute atomic E-state index is 13.2. The van der Waals surface area contributed by atoms with Crippen LogP contribution in [0.1, 0.15) is 48.8 Å². The molecule has 0 saturated carbocycles. The second-order valence-corrected chi connectivity index (χ2v) is 9.51. The number of allylic oxidation sites excluding steroid dienone is 1. The molecule has 3 heterocycles. The van der Waals surface area contributed by atoms with E-state index in [9.17, 15) is 4.79 Å². The standard InChI is InChI=1S/C20H24N4O2S2/c1-4-9-24-19(25)17-13-7-5-6-8-14(13)28-18(17)22-20(24)27-11-16-21-15(23-26-16)10-12(2)3/h4,12H,1,5-11H2,2-3H3. The van der Waals surface area contributed by atoms with Crippen LogP contribution in [0.2, 0.25) is 0 Å². The monoisotopic (exact) mass is 416 g/mol. The van der Waals surface area contributed by atoms with Gasteiger partial charge in [0, 0.05) is 17.8 Å². The number of hydrogen-bond donors (Lipinski definition) is 0. The Hall–Kier alpha value is -1.93. The molecule has 0 aliphatic heterocycles. The largest absolute Gasteiger partial charge is 0.338 e. The molecule has 0 atom stereocenters. The lowest BCUT2D eigenvalue weighted by Gasteiger charge is -2.11. The van der Waals surface area contributed by atoms with Crippen LogP contribution in [0.3, 0.4) is 0 Å². The predicted octanol–water partition coefficient (Wildman–Crippen LogP) is 4.40. The third-order valence-electron chi connectivity index (χ3n) is 4.78. The number of rotatable bonds is 7. The van der Waals surface area contributed by atoms with Crippen molar-refractivity contribution < 1.29 is 4.52 Å². The SMILES string of the molecule is C=CCn1c(SCc2nc(CC(C)C)no2)nc2sc3c(c2c1=O)CCCC3. The molecule has 0 aromatic carbocycles. The van der Waals surface area contributed by atoms with E-state index >= 15 is 0 Å². The van der Waals surface area contributed by atoms with E-state index in [0.717, 1.165) is 41.7 Å². The van der Waals surface area contributed by atoms with E-state index in [0.29, 0.717) is 29.3 Å². The van der Waals surface area contributed by atoms with Crippen molar-refractivity contribution >= 4 is 33.3 Å². The lowest BCUT2D eigenvalue weighted by atomic mass is 9.97. The van der Waals surface area contributed by atoms with Crippen molar-refractivity contribution in [2.75, 3.05) is 0 Å². The van der Waals surface area contributed by atoms with Gasteiger partial charge in [-0.15, -0.1) is 17.9 Å². The first-order valence-corrected chi connectivity index (χ1v) is 11.5. The summed E-state index contributed by atoms with van der Waals surface area (Å²) >= 11 is 3.13. The molecule has 0 saturated heterocycles. The normalized spacial score (nSPS) is 14.0. The Labute approximate surface area is 172 Å². The van der Waals surface area contributed by atoms with Crippen LogP contribution in [0.5, 0.6) is 0 Å². The Morgan fingerprint density at radius 3 is 2.93 bits per heavy atom. The summed E-state index contributed by atoms with van der Waals surface area (Å²) in [6.07, 6.45) is 6.91. The maximum Gasteiger partial charge on any atom is 0.263 e. The Balaban J connectivity index is 1.66. The molecule has 0 spiro atoms. The van der Waals surface area contributed by atoms with Crippen molar-refractivity contribution in [2.45, 2.75) is 63.4 Å². The van der Waals surface area contributed by atoms with Crippen LogP contribution < -0.4 is 5.56 Å². The van der Waals surface area contributed by atoms with Crippen molar-refractivity contribution in [3.8, 4) is 0 Å². The Bertz CT molecular complexity index is 1060. The average Bonchev–Trinajstić information content (AvgIpc) is 3.26. The summed E-state index contributed by atoms with van der Waals surface area (Å²) in [5, 5.41) is 5.52. The molecule has 0 unspecified atom stereocenters. The highest BCUT2D eigenvalue weighted by Crippen LogP contribution is 2.35. The van der Waals surface area contributed by atoms with Gasteiger partial charge in [0.05, 0.1) is 11.1 Å². The molecular weight excluding hydrogens is 392 g/mol. The fourth-order valence-corrected chi connectivity index (χ4v) is 5.69. The van der Waals surface area contributed by atoms with Crippen LogP contribution >= 0.6 is 23.1 Å². The first-order chi connectivity index (χ1) is 13.6. The maximum atomic E-state index is 13.2. The number of aryl methyl sites for hydroxylation is 2. The topological polar surface area (TPSA) is 73.8 Å². The molecule has 0 bridgehead atoms. The Morgan fingerprint density at radius 1 is 1.32 bits per heavy atom. The summed E-state index contributed by atoms with van der Waals surface area (Å²) in [5.74, 6) is 2.25. The average molecular weight is 417 g/mol. The summed E-state index contributed by atoms with van der Waals surface area (Å²) in [7, 11) is 0. The van der Waals surface area contributed by atoms with E-state index in [1.807, 2.05) is 0 Å². The molecule has 0 fully saturated rings. The summed E-state index contributed by atoms with van der Waals surface area (Å²) in [5.41, 5.74) is 1.26. The van der Waals surface area contributed by atoms with E-state index in [1.165, 1.54) is 28.6 Å². The van der Waals surface area contributed by atoms with Gasteiger partial charge in [0.15, 0.2) is 11.0 Å². The highest BCUT2D eigenvalue weighted by atomic mass is 32.2. The molecule has 1 aliphatic rings. The third kappa shape index (κ3) is 3.80. The van der Waals surface area contributed by atoms with Crippen molar-refractivity contribution in [3.63, 3.8) is 0 Å². The second-order valence-electron chi connectivity index (χ2n) is 7.48. The van der Waals surface area contributed by atoms with Gasteiger partial charge in [-0.05, 0) is 37.2 Å². The molecule has 148 valence electrons. The van der Waals surface area contributed by atoms with Gasteiger partial charge in [0.25, 0.3) is 5.56 Å². The quantitative estimate of drug-likeness (QED) is 0.323. The van der Waals surface area contributed by atoms with Crippen molar-refractivity contribution in [3.05, 3.63) is 45.2 Å². The molecular formula is C20H24N4O2S2. The fraction of sp³-hybridized carbons (Fsp3) is 0.500. The molecule has 3 aromatic heterocycles. The minimum absolute atomic E-state index is 0.0397. The smallest absolute Gasteiger partial charge is 0.263 e. The van der Waals surface area contributed by atoms with Gasteiger partial charge in [-0.2, -0.15) is 4.98 Å². The van der Waals surface area contributed by atoms with E-state index in [-0.39, 0.29) is 5.56 Å². The van der Waals surface area contributed by atoms with Gasteiger partial charge in [0.2, 0.25) is 5.89 Å². The summed E-state index contributed by atoms with van der Waals surface area (Å²) < 4.78 is 7.07. The molecule has 28 heavy (non-hydrogen) atoms. The van der Waals surface area contributed by atoms with E-state index < -0.39 is 0 Å². The number of hydrogen-bond acceptors (Lipinski definition) is 7. The number of aromatic nitrogens is 4. The third-order valence-corrected chi connectivity index (χ3v) is 6.92. The Morgan fingerprint density at radius 2 is 2.14 bits per heavy atom. The summed E-state index contributed by atoms with van der Waals surface area (Å²) in [6, 6.07) is 0. The minimum atomic E-state index is 0.0397. The number of nitrogens with zero attached hydrogens (tertiary/aromatic N) is 4. The van der Waals surface area contributed by atoms with Gasteiger partial charge in [-0.25, -0.2) is 4.98 Å². The molecule has 4 rings (SSSR count). The zero-order valence-electron chi connectivity index (χ0n) is 16.2. The van der Waals surface area contributed by atoms with E-state index in [4.69, 9.17) is 9.51 Å². The lowest BCUT2D eigenvalue weighted by Crippen LogP contribution is -2.23. The Kier molecular flexibility index (Phi) is 5.68. The second kappa shape index (κ2) is 8.21.